The number of rotatable bonds is 1. The summed E-state index contributed by atoms with van der Waals surface area (Å²) in [5.41, 5.74) is 8.01. The van der Waals surface area contributed by atoms with E-state index in [0.29, 0.717) is 16.8 Å². The smallest absolute Gasteiger partial charge is 0.116 e. The first-order valence-electron chi connectivity index (χ1n) is 5.23. The van der Waals surface area contributed by atoms with Crippen molar-refractivity contribution in [1.82, 2.24) is 9.97 Å². The summed E-state index contributed by atoms with van der Waals surface area (Å²) in [5, 5.41) is 10.4. The molecule has 4 heteroatoms. The van der Waals surface area contributed by atoms with Crippen LogP contribution in [0.1, 0.15) is 5.56 Å². The highest BCUT2D eigenvalue weighted by Gasteiger charge is 2.10. The van der Waals surface area contributed by atoms with Gasteiger partial charge < -0.3 is 11.1 Å². The molecule has 3 N–H and O–H groups in total. The quantitative estimate of drug-likeness (QED) is 0.377. The lowest BCUT2D eigenvalue weighted by atomic mass is 9.99. The van der Waals surface area contributed by atoms with Gasteiger partial charge in [0.05, 0.1) is 11.2 Å². The van der Waals surface area contributed by atoms with Crippen LogP contribution in [0, 0.1) is 5.41 Å². The SMILES string of the molecule is N=Cc1c(N)c2ncncc2c2ccccc12. The van der Waals surface area contributed by atoms with Gasteiger partial charge in [-0.25, -0.2) is 9.97 Å². The summed E-state index contributed by atoms with van der Waals surface area (Å²) in [7, 11) is 0. The van der Waals surface area contributed by atoms with Crippen molar-refractivity contribution in [3.63, 3.8) is 0 Å². The molecule has 0 bridgehead atoms. The average Bonchev–Trinajstić information content (AvgIpc) is 2.40. The van der Waals surface area contributed by atoms with Gasteiger partial charge in [0.15, 0.2) is 0 Å². The van der Waals surface area contributed by atoms with E-state index < -0.39 is 0 Å². The van der Waals surface area contributed by atoms with Gasteiger partial charge in [0.2, 0.25) is 0 Å². The summed E-state index contributed by atoms with van der Waals surface area (Å²) in [6.45, 7) is 0. The van der Waals surface area contributed by atoms with Crippen LogP contribution in [-0.2, 0) is 0 Å². The number of nitrogens with two attached hydrogens (primary N) is 1. The maximum absolute atomic E-state index is 7.49. The van der Waals surface area contributed by atoms with E-state index in [1.165, 1.54) is 12.5 Å². The van der Waals surface area contributed by atoms with Crippen molar-refractivity contribution in [3.05, 3.63) is 42.4 Å². The molecule has 2 aromatic carbocycles. The number of anilines is 1. The van der Waals surface area contributed by atoms with Crippen LogP contribution in [0.5, 0.6) is 0 Å². The number of aromatic nitrogens is 2. The summed E-state index contributed by atoms with van der Waals surface area (Å²) in [6, 6.07) is 7.84. The van der Waals surface area contributed by atoms with Gasteiger partial charge >= 0.3 is 0 Å². The third-order valence-electron chi connectivity index (χ3n) is 2.91. The van der Waals surface area contributed by atoms with E-state index >= 15 is 0 Å². The van der Waals surface area contributed by atoms with Crippen molar-refractivity contribution in [2.24, 2.45) is 0 Å². The first kappa shape index (κ1) is 9.72. The fourth-order valence-corrected chi connectivity index (χ4v) is 2.12. The summed E-state index contributed by atoms with van der Waals surface area (Å²) in [4.78, 5) is 8.24. The Morgan fingerprint density at radius 2 is 1.88 bits per heavy atom. The number of nitrogens with zero attached hydrogens (tertiary/aromatic N) is 2. The summed E-state index contributed by atoms with van der Waals surface area (Å²) in [5.74, 6) is 0. The lowest BCUT2D eigenvalue weighted by Gasteiger charge is -2.09. The molecule has 0 saturated carbocycles. The molecule has 0 aliphatic rings. The Kier molecular flexibility index (Phi) is 2.01. The molecule has 3 rings (SSSR count). The highest BCUT2D eigenvalue weighted by atomic mass is 14.8. The number of fused-ring (bicyclic) bond motifs is 3. The number of nitrogens with one attached hydrogen (secondary N) is 1. The van der Waals surface area contributed by atoms with Gasteiger partial charge in [0.25, 0.3) is 0 Å². The fourth-order valence-electron chi connectivity index (χ4n) is 2.12. The largest absolute Gasteiger partial charge is 0.396 e. The van der Waals surface area contributed by atoms with Gasteiger partial charge in [-0.3, -0.25) is 0 Å². The summed E-state index contributed by atoms with van der Waals surface area (Å²) in [6.07, 6.45) is 4.51. The molecule has 0 unspecified atom stereocenters. The van der Waals surface area contributed by atoms with Crippen LogP contribution in [-0.4, -0.2) is 16.2 Å². The molecule has 0 amide bonds. The Bertz CT molecular complexity index is 734. The molecular weight excluding hydrogens is 212 g/mol. The number of hydrogen-bond donors (Lipinski definition) is 2. The predicted octanol–water partition coefficient (Wildman–Crippen LogP) is 2.36. The first-order chi connectivity index (χ1) is 8.33. The van der Waals surface area contributed by atoms with E-state index in [9.17, 15) is 0 Å². The standard InChI is InChI=1S/C13H10N4/c14-5-10-8-3-1-2-4-9(8)11-6-16-7-17-13(11)12(10)15/h1-7,14H,15H2. The normalized spacial score (nSPS) is 10.8. The van der Waals surface area contributed by atoms with E-state index in [4.69, 9.17) is 11.1 Å². The maximum atomic E-state index is 7.49. The van der Waals surface area contributed by atoms with Crippen molar-refractivity contribution in [3.8, 4) is 0 Å². The Hall–Kier alpha value is -2.49. The zero-order valence-electron chi connectivity index (χ0n) is 9.01. The number of nitrogen functional groups attached to an aromatic ring is 1. The topological polar surface area (TPSA) is 75.7 Å². The van der Waals surface area contributed by atoms with Crippen LogP contribution in [0.15, 0.2) is 36.8 Å². The van der Waals surface area contributed by atoms with Crippen molar-refractivity contribution in [2.45, 2.75) is 0 Å². The van der Waals surface area contributed by atoms with Crippen molar-refractivity contribution < 1.29 is 0 Å². The highest BCUT2D eigenvalue weighted by Crippen LogP contribution is 2.31. The minimum absolute atomic E-state index is 0.538. The lowest BCUT2D eigenvalue weighted by Crippen LogP contribution is -1.98. The lowest BCUT2D eigenvalue weighted by molar-refractivity contribution is 1.23. The van der Waals surface area contributed by atoms with Crippen LogP contribution < -0.4 is 5.73 Å². The molecule has 4 nitrogen and oxygen atoms in total. The van der Waals surface area contributed by atoms with Crippen LogP contribution in [0.3, 0.4) is 0 Å². The molecule has 0 atom stereocenters. The maximum Gasteiger partial charge on any atom is 0.116 e. The van der Waals surface area contributed by atoms with Crippen LogP contribution in [0.2, 0.25) is 0 Å². The van der Waals surface area contributed by atoms with E-state index in [-0.39, 0.29) is 0 Å². The molecule has 0 aliphatic carbocycles. The summed E-state index contributed by atoms with van der Waals surface area (Å²) < 4.78 is 0. The third kappa shape index (κ3) is 1.27. The molecule has 0 radical (unpaired) electrons. The molecule has 82 valence electrons. The molecule has 1 heterocycles. The Labute approximate surface area is 97.6 Å². The van der Waals surface area contributed by atoms with Crippen molar-refractivity contribution in [1.29, 1.82) is 5.41 Å². The monoisotopic (exact) mass is 222 g/mol. The van der Waals surface area contributed by atoms with E-state index in [2.05, 4.69) is 9.97 Å². The van der Waals surface area contributed by atoms with Crippen molar-refractivity contribution >= 4 is 33.6 Å². The van der Waals surface area contributed by atoms with Gasteiger partial charge in [-0.05, 0) is 10.8 Å². The number of benzene rings is 2. The summed E-state index contributed by atoms with van der Waals surface area (Å²) >= 11 is 0. The van der Waals surface area contributed by atoms with Gasteiger partial charge in [-0.2, -0.15) is 0 Å². The highest BCUT2D eigenvalue weighted by molar-refractivity contribution is 6.18. The molecule has 1 aromatic heterocycles. The van der Waals surface area contributed by atoms with E-state index in [1.54, 1.807) is 6.20 Å². The second-order valence-electron chi connectivity index (χ2n) is 3.80. The molecular formula is C13H10N4. The molecule has 3 aromatic rings. The fraction of sp³-hybridized carbons (Fsp3) is 0. The third-order valence-corrected chi connectivity index (χ3v) is 2.91. The van der Waals surface area contributed by atoms with Gasteiger partial charge in [-0.1, -0.05) is 24.3 Å². The van der Waals surface area contributed by atoms with Crippen LogP contribution in [0.4, 0.5) is 5.69 Å². The van der Waals surface area contributed by atoms with Gasteiger partial charge in [-0.15, -0.1) is 0 Å². The van der Waals surface area contributed by atoms with Crippen molar-refractivity contribution in [2.75, 3.05) is 5.73 Å². The van der Waals surface area contributed by atoms with E-state index in [0.717, 1.165) is 16.2 Å². The van der Waals surface area contributed by atoms with Crippen LogP contribution >= 0.6 is 0 Å². The average molecular weight is 222 g/mol. The molecule has 0 fully saturated rings. The Morgan fingerprint density at radius 1 is 1.12 bits per heavy atom. The zero-order valence-corrected chi connectivity index (χ0v) is 9.01. The second kappa shape index (κ2) is 3.52. The first-order valence-corrected chi connectivity index (χ1v) is 5.23. The van der Waals surface area contributed by atoms with E-state index in [1.807, 2.05) is 24.3 Å². The molecule has 17 heavy (non-hydrogen) atoms. The van der Waals surface area contributed by atoms with Gasteiger partial charge in [0.1, 0.15) is 6.33 Å². The minimum atomic E-state index is 0.538. The number of hydrogen-bond acceptors (Lipinski definition) is 4. The van der Waals surface area contributed by atoms with Gasteiger partial charge in [0, 0.05) is 23.4 Å². The molecule has 0 aliphatic heterocycles. The molecule has 0 spiro atoms. The Morgan fingerprint density at radius 3 is 2.65 bits per heavy atom. The predicted molar refractivity (Wildman–Crippen MR) is 69.3 cm³/mol. The molecule has 0 saturated heterocycles. The Balaban J connectivity index is 2.68. The van der Waals surface area contributed by atoms with Crippen LogP contribution in [0.25, 0.3) is 21.7 Å². The zero-order chi connectivity index (χ0) is 11.8. The second-order valence-corrected chi connectivity index (χ2v) is 3.80. The minimum Gasteiger partial charge on any atom is -0.396 e.